The summed E-state index contributed by atoms with van der Waals surface area (Å²) in [7, 11) is 1.63. The normalized spacial score (nSPS) is 23.1. The fraction of sp³-hybridized carbons (Fsp3) is 0.524. The number of carbonyl (C=O) groups is 1. The number of amides is 1. The number of ether oxygens (including phenoxy) is 2. The molecule has 4 rings (SSSR count). The zero-order chi connectivity index (χ0) is 19.7. The Morgan fingerprint density at radius 3 is 3.07 bits per heavy atom. The van der Waals surface area contributed by atoms with E-state index in [0.29, 0.717) is 32.7 Å². The molecule has 1 amide bonds. The molecule has 0 spiro atoms. The predicted octanol–water partition coefficient (Wildman–Crippen LogP) is 1.84. The SMILES string of the molecule is CCc1nccn1CCC(=O)N1C[C@H]2c3ccc(OC)cc3OC[C@@]2(CO)C1. The average molecular weight is 385 g/mol. The molecular formula is C21H27N3O4. The van der Waals surface area contributed by atoms with Crippen molar-refractivity contribution in [3.63, 3.8) is 0 Å². The second-order valence-corrected chi connectivity index (χ2v) is 7.68. The van der Waals surface area contributed by atoms with Crippen LogP contribution >= 0.6 is 0 Å². The van der Waals surface area contributed by atoms with E-state index in [1.807, 2.05) is 33.9 Å². The molecule has 150 valence electrons. The number of fused-ring (bicyclic) bond motifs is 3. The average Bonchev–Trinajstić information content (AvgIpc) is 3.36. The maximum atomic E-state index is 12.9. The first kappa shape index (κ1) is 18.8. The highest BCUT2D eigenvalue weighted by molar-refractivity contribution is 5.77. The molecular weight excluding hydrogens is 358 g/mol. The van der Waals surface area contributed by atoms with Crippen molar-refractivity contribution in [3.8, 4) is 11.5 Å². The largest absolute Gasteiger partial charge is 0.497 e. The molecule has 0 aliphatic carbocycles. The van der Waals surface area contributed by atoms with Crippen LogP contribution in [0, 0.1) is 5.41 Å². The third-order valence-corrected chi connectivity index (χ3v) is 6.11. The number of aliphatic hydroxyl groups is 1. The summed E-state index contributed by atoms with van der Waals surface area (Å²) in [5.41, 5.74) is 0.597. The number of rotatable bonds is 6. The Balaban J connectivity index is 1.50. The monoisotopic (exact) mass is 385 g/mol. The molecule has 1 N–H and O–H groups in total. The molecule has 1 aromatic carbocycles. The van der Waals surface area contributed by atoms with Gasteiger partial charge in [-0.3, -0.25) is 4.79 Å². The lowest BCUT2D eigenvalue weighted by molar-refractivity contribution is -0.131. The third-order valence-electron chi connectivity index (χ3n) is 6.11. The van der Waals surface area contributed by atoms with Gasteiger partial charge in [0.25, 0.3) is 0 Å². The van der Waals surface area contributed by atoms with Gasteiger partial charge in [0.1, 0.15) is 17.3 Å². The van der Waals surface area contributed by atoms with Gasteiger partial charge >= 0.3 is 0 Å². The van der Waals surface area contributed by atoms with E-state index in [2.05, 4.69) is 11.9 Å². The van der Waals surface area contributed by atoms with Crippen LogP contribution in [0.5, 0.6) is 11.5 Å². The standard InChI is InChI=1S/C21H27N3O4/c1-3-19-22-7-9-23(19)8-6-20(26)24-11-17-16-5-4-15(27-2)10-18(16)28-14-21(17,12-24)13-25/h4-5,7,9-10,17,25H,3,6,8,11-14H2,1-2H3/t17-,21-/m0/s1. The molecule has 2 aromatic rings. The van der Waals surface area contributed by atoms with Crippen LogP contribution < -0.4 is 9.47 Å². The highest BCUT2D eigenvalue weighted by Crippen LogP contribution is 2.50. The van der Waals surface area contributed by atoms with Crippen molar-refractivity contribution in [3.05, 3.63) is 42.0 Å². The van der Waals surface area contributed by atoms with Gasteiger partial charge in [0.2, 0.25) is 5.91 Å². The van der Waals surface area contributed by atoms with Crippen molar-refractivity contribution in [2.75, 3.05) is 33.4 Å². The van der Waals surface area contributed by atoms with Crippen LogP contribution in [0.15, 0.2) is 30.6 Å². The number of nitrogens with zero attached hydrogens (tertiary/aromatic N) is 3. The van der Waals surface area contributed by atoms with Gasteiger partial charge in [0, 0.05) is 62.4 Å². The fourth-order valence-corrected chi connectivity index (χ4v) is 4.45. The number of likely N-dealkylation sites (tertiary alicyclic amines) is 1. The van der Waals surface area contributed by atoms with E-state index < -0.39 is 5.41 Å². The van der Waals surface area contributed by atoms with Crippen molar-refractivity contribution >= 4 is 5.91 Å². The molecule has 2 aliphatic heterocycles. The van der Waals surface area contributed by atoms with Gasteiger partial charge in [-0.05, 0) is 6.07 Å². The van der Waals surface area contributed by atoms with E-state index in [4.69, 9.17) is 9.47 Å². The van der Waals surface area contributed by atoms with Gasteiger partial charge in [-0.15, -0.1) is 0 Å². The Bertz CT molecular complexity index is 865. The number of aryl methyl sites for hydroxylation is 2. The van der Waals surface area contributed by atoms with Crippen molar-refractivity contribution in [2.45, 2.75) is 32.2 Å². The maximum absolute atomic E-state index is 12.9. The van der Waals surface area contributed by atoms with Crippen LogP contribution in [-0.4, -0.2) is 58.9 Å². The molecule has 0 unspecified atom stereocenters. The van der Waals surface area contributed by atoms with E-state index in [0.717, 1.165) is 29.3 Å². The highest BCUT2D eigenvalue weighted by Gasteiger charge is 2.52. The smallest absolute Gasteiger partial charge is 0.224 e. The fourth-order valence-electron chi connectivity index (χ4n) is 4.45. The molecule has 28 heavy (non-hydrogen) atoms. The van der Waals surface area contributed by atoms with Crippen LogP contribution in [0.1, 0.15) is 30.7 Å². The summed E-state index contributed by atoms with van der Waals surface area (Å²) >= 11 is 0. The van der Waals surface area contributed by atoms with Gasteiger partial charge in [0.15, 0.2) is 0 Å². The number of carbonyl (C=O) groups excluding carboxylic acids is 1. The summed E-state index contributed by atoms with van der Waals surface area (Å²) in [4.78, 5) is 19.1. The predicted molar refractivity (Wildman–Crippen MR) is 104 cm³/mol. The number of hydrogen-bond acceptors (Lipinski definition) is 5. The van der Waals surface area contributed by atoms with E-state index in [1.165, 1.54) is 0 Å². The highest BCUT2D eigenvalue weighted by atomic mass is 16.5. The molecule has 7 nitrogen and oxygen atoms in total. The maximum Gasteiger partial charge on any atom is 0.224 e. The Kier molecular flexibility index (Phi) is 5.02. The third kappa shape index (κ3) is 3.13. The Morgan fingerprint density at radius 1 is 1.46 bits per heavy atom. The summed E-state index contributed by atoms with van der Waals surface area (Å²) in [6.45, 7) is 4.20. The second-order valence-electron chi connectivity index (χ2n) is 7.68. The second kappa shape index (κ2) is 7.47. The Labute approximate surface area is 164 Å². The van der Waals surface area contributed by atoms with E-state index in [-0.39, 0.29) is 18.4 Å². The van der Waals surface area contributed by atoms with Crippen LogP contribution in [0.3, 0.4) is 0 Å². The van der Waals surface area contributed by atoms with Gasteiger partial charge in [0.05, 0.1) is 25.7 Å². The topological polar surface area (TPSA) is 76.8 Å². The molecule has 7 heteroatoms. The minimum atomic E-state index is -0.444. The van der Waals surface area contributed by atoms with Crippen LogP contribution in [0.25, 0.3) is 0 Å². The van der Waals surface area contributed by atoms with Crippen LogP contribution in [0.2, 0.25) is 0 Å². The van der Waals surface area contributed by atoms with Crippen molar-refractivity contribution in [1.82, 2.24) is 14.5 Å². The Morgan fingerprint density at radius 2 is 2.32 bits per heavy atom. The van der Waals surface area contributed by atoms with Gasteiger partial charge < -0.3 is 24.0 Å². The van der Waals surface area contributed by atoms with Crippen molar-refractivity contribution in [2.24, 2.45) is 5.41 Å². The van der Waals surface area contributed by atoms with Gasteiger partial charge in [-0.1, -0.05) is 13.0 Å². The molecule has 2 atom stereocenters. The summed E-state index contributed by atoms with van der Waals surface area (Å²) in [5, 5.41) is 10.2. The summed E-state index contributed by atoms with van der Waals surface area (Å²) in [6.07, 6.45) is 4.96. The minimum Gasteiger partial charge on any atom is -0.497 e. The quantitative estimate of drug-likeness (QED) is 0.821. The molecule has 0 saturated carbocycles. The first-order chi connectivity index (χ1) is 13.6. The first-order valence-corrected chi connectivity index (χ1v) is 9.79. The number of hydrogen-bond donors (Lipinski definition) is 1. The molecule has 0 bridgehead atoms. The zero-order valence-corrected chi connectivity index (χ0v) is 16.4. The first-order valence-electron chi connectivity index (χ1n) is 9.79. The van der Waals surface area contributed by atoms with E-state index in [9.17, 15) is 9.90 Å². The molecule has 1 saturated heterocycles. The van der Waals surface area contributed by atoms with Gasteiger partial charge in [-0.2, -0.15) is 0 Å². The van der Waals surface area contributed by atoms with Crippen molar-refractivity contribution < 1.29 is 19.4 Å². The molecule has 2 aliphatic rings. The zero-order valence-electron chi connectivity index (χ0n) is 16.4. The number of benzene rings is 1. The lowest BCUT2D eigenvalue weighted by Crippen LogP contribution is -2.42. The van der Waals surface area contributed by atoms with Crippen molar-refractivity contribution in [1.29, 1.82) is 0 Å². The van der Waals surface area contributed by atoms with E-state index in [1.54, 1.807) is 13.3 Å². The van der Waals surface area contributed by atoms with Gasteiger partial charge in [-0.25, -0.2) is 4.98 Å². The number of aliphatic hydroxyl groups excluding tert-OH is 1. The summed E-state index contributed by atoms with van der Waals surface area (Å²) < 4.78 is 13.3. The Hall–Kier alpha value is -2.54. The lowest BCUT2D eigenvalue weighted by Gasteiger charge is -2.37. The number of imidazole rings is 1. The van der Waals surface area contributed by atoms with Crippen LogP contribution in [-0.2, 0) is 17.8 Å². The summed E-state index contributed by atoms with van der Waals surface area (Å²) in [5.74, 6) is 2.69. The van der Waals surface area contributed by atoms with E-state index >= 15 is 0 Å². The molecule has 3 heterocycles. The lowest BCUT2D eigenvalue weighted by atomic mass is 9.74. The van der Waals surface area contributed by atoms with Crippen LogP contribution in [0.4, 0.5) is 0 Å². The molecule has 1 fully saturated rings. The number of aromatic nitrogens is 2. The molecule has 1 aromatic heterocycles. The summed E-state index contributed by atoms with van der Waals surface area (Å²) in [6, 6.07) is 5.78. The number of methoxy groups -OCH3 is 1. The minimum absolute atomic E-state index is 0.00554. The molecule has 0 radical (unpaired) electrons.